The number of amides is 2. The van der Waals surface area contributed by atoms with Crippen LogP contribution in [0, 0.1) is 11.8 Å². The third-order valence-corrected chi connectivity index (χ3v) is 5.56. The van der Waals surface area contributed by atoms with E-state index in [0.29, 0.717) is 38.4 Å². The lowest BCUT2D eigenvalue weighted by Crippen LogP contribution is -2.36. The number of carbonyl (C=O) groups is 3. The summed E-state index contributed by atoms with van der Waals surface area (Å²) in [6, 6.07) is 10.1. The van der Waals surface area contributed by atoms with Crippen LogP contribution in [0.25, 0.3) is 0 Å². The maximum Gasteiger partial charge on any atom is 0.305 e. The van der Waals surface area contributed by atoms with E-state index < -0.39 is 0 Å². The molecule has 3 rings (SSSR count). The van der Waals surface area contributed by atoms with Gasteiger partial charge in [-0.1, -0.05) is 30.3 Å². The number of fused-ring (bicyclic) bond motifs is 1. The molecule has 0 spiro atoms. The molecule has 1 aromatic rings. The minimum absolute atomic E-state index is 0.0339. The van der Waals surface area contributed by atoms with Gasteiger partial charge in [0, 0.05) is 51.2 Å². The monoisotopic (exact) mass is 358 g/mol. The zero-order valence-electron chi connectivity index (χ0n) is 15.4. The van der Waals surface area contributed by atoms with Crippen LogP contribution in [0.5, 0.6) is 0 Å². The first-order chi connectivity index (χ1) is 12.5. The lowest BCUT2D eigenvalue weighted by atomic mass is 9.89. The number of ether oxygens (including phenoxy) is 1. The van der Waals surface area contributed by atoms with Crippen molar-refractivity contribution in [2.75, 3.05) is 26.7 Å². The van der Waals surface area contributed by atoms with Gasteiger partial charge in [0.25, 0.3) is 0 Å². The molecule has 2 heterocycles. The topological polar surface area (TPSA) is 66.9 Å². The highest BCUT2D eigenvalue weighted by atomic mass is 16.5. The number of likely N-dealkylation sites (tertiary alicyclic amines) is 2. The van der Waals surface area contributed by atoms with Crippen LogP contribution in [-0.4, -0.2) is 54.3 Å². The lowest BCUT2D eigenvalue weighted by molar-refractivity contribution is -0.140. The van der Waals surface area contributed by atoms with Gasteiger partial charge in [-0.15, -0.1) is 0 Å². The molecule has 0 N–H and O–H groups in total. The van der Waals surface area contributed by atoms with E-state index in [1.54, 1.807) is 6.92 Å². The molecule has 6 nitrogen and oxygen atoms in total. The summed E-state index contributed by atoms with van der Waals surface area (Å²) in [7, 11) is 1.36. The van der Waals surface area contributed by atoms with Gasteiger partial charge in [-0.2, -0.15) is 0 Å². The fourth-order valence-electron chi connectivity index (χ4n) is 4.29. The molecule has 0 unspecified atom stereocenters. The fraction of sp³-hybridized carbons (Fsp3) is 0.550. The number of carbonyl (C=O) groups excluding carboxylic acids is 3. The van der Waals surface area contributed by atoms with Crippen molar-refractivity contribution >= 4 is 17.8 Å². The second kappa shape index (κ2) is 7.89. The molecular formula is C20H26N2O4. The number of nitrogens with zero attached hydrogens (tertiary/aromatic N) is 2. The number of methoxy groups -OCH3 is 1. The van der Waals surface area contributed by atoms with Gasteiger partial charge < -0.3 is 14.5 Å². The highest BCUT2D eigenvalue weighted by Gasteiger charge is 2.49. The molecule has 2 aliphatic rings. The molecule has 2 aliphatic heterocycles. The van der Waals surface area contributed by atoms with Gasteiger partial charge >= 0.3 is 5.97 Å². The van der Waals surface area contributed by atoms with E-state index in [1.807, 2.05) is 28.0 Å². The van der Waals surface area contributed by atoms with Gasteiger partial charge in [-0.05, 0) is 12.0 Å². The molecule has 140 valence electrons. The summed E-state index contributed by atoms with van der Waals surface area (Å²) in [4.78, 5) is 39.7. The normalized spacial score (nSPS) is 24.5. The first kappa shape index (κ1) is 18.4. The van der Waals surface area contributed by atoms with Crippen LogP contribution in [-0.2, 0) is 19.1 Å². The SMILES string of the molecule is COC(=O)CCCC(=O)N1C[C@@H]2CN(C(C)=O)[C@H](c3ccccc3)[C@@H]2C1. The molecule has 2 amide bonds. The van der Waals surface area contributed by atoms with Crippen molar-refractivity contribution in [3.8, 4) is 0 Å². The van der Waals surface area contributed by atoms with E-state index in [-0.39, 0.29) is 36.2 Å². The molecule has 1 aromatic carbocycles. The first-order valence-electron chi connectivity index (χ1n) is 9.18. The van der Waals surface area contributed by atoms with Crippen LogP contribution >= 0.6 is 0 Å². The molecule has 2 saturated heterocycles. The van der Waals surface area contributed by atoms with Crippen molar-refractivity contribution in [1.29, 1.82) is 0 Å². The van der Waals surface area contributed by atoms with Gasteiger partial charge in [-0.3, -0.25) is 14.4 Å². The molecule has 3 atom stereocenters. The Hall–Kier alpha value is -2.37. The van der Waals surface area contributed by atoms with Crippen molar-refractivity contribution < 1.29 is 19.1 Å². The number of rotatable bonds is 5. The Morgan fingerprint density at radius 2 is 1.81 bits per heavy atom. The summed E-state index contributed by atoms with van der Waals surface area (Å²) in [6.07, 6.45) is 1.15. The van der Waals surface area contributed by atoms with E-state index in [2.05, 4.69) is 16.9 Å². The summed E-state index contributed by atoms with van der Waals surface area (Å²) >= 11 is 0. The molecule has 0 radical (unpaired) electrons. The molecule has 6 heteroatoms. The smallest absolute Gasteiger partial charge is 0.305 e. The van der Waals surface area contributed by atoms with Crippen LogP contribution in [0.4, 0.5) is 0 Å². The Morgan fingerprint density at radius 1 is 1.08 bits per heavy atom. The van der Waals surface area contributed by atoms with Gasteiger partial charge in [-0.25, -0.2) is 0 Å². The van der Waals surface area contributed by atoms with Gasteiger partial charge in [0.05, 0.1) is 13.2 Å². The molecule has 2 fully saturated rings. The zero-order valence-corrected chi connectivity index (χ0v) is 15.4. The minimum atomic E-state index is -0.280. The molecule has 26 heavy (non-hydrogen) atoms. The standard InChI is InChI=1S/C20H26N2O4/c1-14(23)22-12-16-11-21(18(24)9-6-10-19(25)26-2)13-17(16)20(22)15-7-4-3-5-8-15/h3-5,7-8,16-17,20H,6,9-13H2,1-2H3/t16-,17-,20-/m1/s1. The van der Waals surface area contributed by atoms with Crippen LogP contribution in [0.2, 0.25) is 0 Å². The number of benzene rings is 1. The Morgan fingerprint density at radius 3 is 2.46 bits per heavy atom. The molecule has 0 bridgehead atoms. The van der Waals surface area contributed by atoms with Crippen molar-refractivity contribution in [2.45, 2.75) is 32.2 Å². The minimum Gasteiger partial charge on any atom is -0.469 e. The molecule has 0 aliphatic carbocycles. The summed E-state index contributed by atoms with van der Waals surface area (Å²) in [5, 5.41) is 0. The van der Waals surface area contributed by atoms with Crippen molar-refractivity contribution in [2.24, 2.45) is 11.8 Å². The summed E-state index contributed by atoms with van der Waals surface area (Å²) in [5.41, 5.74) is 1.13. The second-order valence-electron chi connectivity index (χ2n) is 7.18. The van der Waals surface area contributed by atoms with Crippen LogP contribution in [0.15, 0.2) is 30.3 Å². The number of hydrogen-bond acceptors (Lipinski definition) is 4. The largest absolute Gasteiger partial charge is 0.469 e. The molecular weight excluding hydrogens is 332 g/mol. The maximum absolute atomic E-state index is 12.5. The average molecular weight is 358 g/mol. The average Bonchev–Trinajstić information content (AvgIpc) is 3.20. The van der Waals surface area contributed by atoms with Gasteiger partial charge in [0.15, 0.2) is 0 Å². The number of hydrogen-bond donors (Lipinski definition) is 0. The van der Waals surface area contributed by atoms with Crippen molar-refractivity contribution in [3.05, 3.63) is 35.9 Å². The number of esters is 1. The van der Waals surface area contributed by atoms with E-state index in [1.165, 1.54) is 7.11 Å². The predicted molar refractivity (Wildman–Crippen MR) is 96.0 cm³/mol. The van der Waals surface area contributed by atoms with E-state index >= 15 is 0 Å². The Balaban J connectivity index is 1.65. The van der Waals surface area contributed by atoms with Gasteiger partial charge in [0.1, 0.15) is 0 Å². The Kier molecular flexibility index (Phi) is 5.59. The van der Waals surface area contributed by atoms with E-state index in [0.717, 1.165) is 5.56 Å². The fourth-order valence-corrected chi connectivity index (χ4v) is 4.29. The van der Waals surface area contributed by atoms with Crippen LogP contribution in [0.3, 0.4) is 0 Å². The Bertz CT molecular complexity index is 676. The third-order valence-electron chi connectivity index (χ3n) is 5.56. The third kappa shape index (κ3) is 3.74. The van der Waals surface area contributed by atoms with Gasteiger partial charge in [0.2, 0.25) is 11.8 Å². The first-order valence-corrected chi connectivity index (χ1v) is 9.18. The molecule has 0 saturated carbocycles. The summed E-state index contributed by atoms with van der Waals surface area (Å²) < 4.78 is 4.61. The van der Waals surface area contributed by atoms with Crippen LogP contribution in [0.1, 0.15) is 37.8 Å². The summed E-state index contributed by atoms with van der Waals surface area (Å²) in [6.45, 7) is 3.68. The van der Waals surface area contributed by atoms with E-state index in [9.17, 15) is 14.4 Å². The van der Waals surface area contributed by atoms with Crippen molar-refractivity contribution in [1.82, 2.24) is 9.80 Å². The summed E-state index contributed by atoms with van der Waals surface area (Å²) in [5.74, 6) is 0.477. The highest BCUT2D eigenvalue weighted by Crippen LogP contribution is 2.45. The quantitative estimate of drug-likeness (QED) is 0.755. The maximum atomic E-state index is 12.5. The Labute approximate surface area is 154 Å². The van der Waals surface area contributed by atoms with Crippen molar-refractivity contribution in [3.63, 3.8) is 0 Å². The predicted octanol–water partition coefficient (Wildman–Crippen LogP) is 2.01. The molecule has 0 aromatic heterocycles. The second-order valence-corrected chi connectivity index (χ2v) is 7.18. The lowest BCUT2D eigenvalue weighted by Gasteiger charge is -2.29. The zero-order chi connectivity index (χ0) is 18.7. The highest BCUT2D eigenvalue weighted by molar-refractivity contribution is 5.78. The van der Waals surface area contributed by atoms with Crippen LogP contribution < -0.4 is 0 Å². The van der Waals surface area contributed by atoms with E-state index in [4.69, 9.17) is 0 Å².